The zero-order chi connectivity index (χ0) is 27.5. The Kier molecular flexibility index (Phi) is 7.90. The second kappa shape index (κ2) is 11.5. The van der Waals surface area contributed by atoms with Gasteiger partial charge < -0.3 is 20.0 Å². The number of carbonyl (C=O) groups is 1. The number of nitrogens with zero attached hydrogens (tertiary/aromatic N) is 4. The first-order valence-corrected chi connectivity index (χ1v) is 13.4. The zero-order valence-corrected chi connectivity index (χ0v) is 22.6. The maximum absolute atomic E-state index is 13.2. The summed E-state index contributed by atoms with van der Waals surface area (Å²) in [5, 5.41) is 9.74. The van der Waals surface area contributed by atoms with Crippen molar-refractivity contribution in [3.63, 3.8) is 0 Å². The maximum atomic E-state index is 13.2. The lowest BCUT2D eigenvalue weighted by Crippen LogP contribution is -2.37. The molecule has 4 aromatic rings. The average molecular weight is 531 g/mol. The molecule has 0 bridgehead atoms. The van der Waals surface area contributed by atoms with E-state index in [0.717, 1.165) is 58.1 Å². The van der Waals surface area contributed by atoms with E-state index in [1.165, 1.54) is 6.92 Å². The van der Waals surface area contributed by atoms with Gasteiger partial charge in [0.25, 0.3) is 5.91 Å². The predicted octanol–water partition coefficient (Wildman–Crippen LogP) is 4.97. The lowest BCUT2D eigenvalue weighted by atomic mass is 10.0. The molecule has 8 nitrogen and oxygen atoms in total. The fourth-order valence-corrected chi connectivity index (χ4v) is 5.23. The van der Waals surface area contributed by atoms with Gasteiger partial charge in [0.15, 0.2) is 0 Å². The molecule has 2 aromatic heterocycles. The van der Waals surface area contributed by atoms with E-state index in [-0.39, 0.29) is 11.9 Å². The largest absolute Gasteiger partial charge is 0.384 e. The summed E-state index contributed by atoms with van der Waals surface area (Å²) in [6.07, 6.45) is 3.45. The molecular formula is C30H35FN6O2. The Morgan fingerprint density at radius 2 is 1.56 bits per heavy atom. The molecule has 0 aliphatic carbocycles. The number of alkyl halides is 1. The van der Waals surface area contributed by atoms with Crippen LogP contribution in [0.4, 0.5) is 4.39 Å². The normalized spacial score (nSPS) is 17.1. The van der Waals surface area contributed by atoms with Crippen molar-refractivity contribution >= 4 is 5.91 Å². The van der Waals surface area contributed by atoms with Gasteiger partial charge in [-0.2, -0.15) is 0 Å². The van der Waals surface area contributed by atoms with Crippen molar-refractivity contribution in [3.05, 3.63) is 72.6 Å². The zero-order valence-electron chi connectivity index (χ0n) is 22.6. The summed E-state index contributed by atoms with van der Waals surface area (Å²) in [6.45, 7) is 4.63. The first-order chi connectivity index (χ1) is 18.8. The van der Waals surface area contributed by atoms with Crippen LogP contribution < -0.4 is 0 Å². The number of aromatic nitrogens is 4. The summed E-state index contributed by atoms with van der Waals surface area (Å²) < 4.78 is 13.2. The van der Waals surface area contributed by atoms with Gasteiger partial charge in [0.05, 0.1) is 36.4 Å². The highest BCUT2D eigenvalue weighted by Gasteiger charge is 2.33. The number of hydrogen-bond donors (Lipinski definition) is 3. The fraction of sp³-hybridized carbons (Fsp3) is 0.367. The maximum Gasteiger partial charge on any atom is 0.251 e. The molecular weight excluding hydrogens is 495 g/mol. The Bertz CT molecular complexity index is 1390. The van der Waals surface area contributed by atoms with Crippen molar-refractivity contribution in [2.24, 2.45) is 0 Å². The lowest BCUT2D eigenvalue weighted by Gasteiger charge is -2.24. The van der Waals surface area contributed by atoms with Crippen LogP contribution in [0.1, 0.15) is 44.4 Å². The fourth-order valence-electron chi connectivity index (χ4n) is 5.23. The number of aromatic amines is 2. The van der Waals surface area contributed by atoms with E-state index in [1.54, 1.807) is 18.0 Å². The summed E-state index contributed by atoms with van der Waals surface area (Å²) in [5.74, 6) is 1.31. The van der Waals surface area contributed by atoms with Crippen LogP contribution in [0.2, 0.25) is 0 Å². The van der Waals surface area contributed by atoms with Crippen LogP contribution in [-0.2, 0) is 11.3 Å². The van der Waals surface area contributed by atoms with Crippen LogP contribution in [0, 0.1) is 0 Å². The summed E-state index contributed by atoms with van der Waals surface area (Å²) in [6, 6.07) is 16.5. The SMILES string of the molecule is CC(F)CN(C)Cc1ncc(-c2ccc(-c3ccc(-c4cnc(C5CCCN5C(=O)C(C)O)[nH]4)cc3)cc2)[nH]1. The molecule has 39 heavy (non-hydrogen) atoms. The molecule has 3 unspecified atom stereocenters. The van der Waals surface area contributed by atoms with Gasteiger partial charge in [-0.25, -0.2) is 14.4 Å². The minimum Gasteiger partial charge on any atom is -0.384 e. The van der Waals surface area contributed by atoms with E-state index in [2.05, 4.69) is 68.5 Å². The number of hydrogen-bond acceptors (Lipinski definition) is 5. The van der Waals surface area contributed by atoms with Gasteiger partial charge in [-0.3, -0.25) is 9.69 Å². The summed E-state index contributed by atoms with van der Waals surface area (Å²) in [5.41, 5.74) is 6.07. The van der Waals surface area contributed by atoms with Gasteiger partial charge in [-0.05, 0) is 56.0 Å². The molecule has 3 heterocycles. The quantitative estimate of drug-likeness (QED) is 0.284. The van der Waals surface area contributed by atoms with Crippen molar-refractivity contribution in [1.82, 2.24) is 29.7 Å². The molecule has 3 N–H and O–H groups in total. The standard InChI is InChI=1S/C30H35FN6O2/c1-19(31)17-36(3)18-28-32-15-25(34-28)23-10-6-21(7-11-23)22-8-12-24(13-9-22)26-16-33-29(35-26)27-5-4-14-37(27)30(39)20(2)38/h6-13,15-16,19-20,27,38H,4-5,14,17-18H2,1-3H3,(H,32,34)(H,33,35). The van der Waals surface area contributed by atoms with Gasteiger partial charge in [0.2, 0.25) is 0 Å². The Balaban J connectivity index is 1.25. The van der Waals surface area contributed by atoms with Gasteiger partial charge in [0.1, 0.15) is 23.9 Å². The van der Waals surface area contributed by atoms with E-state index in [1.807, 2.05) is 18.1 Å². The minimum atomic E-state index is -1.01. The third-order valence-corrected chi connectivity index (χ3v) is 7.14. The van der Waals surface area contributed by atoms with Crippen molar-refractivity contribution < 1.29 is 14.3 Å². The molecule has 0 spiro atoms. The first-order valence-electron chi connectivity index (χ1n) is 13.4. The van der Waals surface area contributed by atoms with Crippen LogP contribution in [0.3, 0.4) is 0 Å². The van der Waals surface area contributed by atoms with E-state index < -0.39 is 12.3 Å². The van der Waals surface area contributed by atoms with Crippen LogP contribution in [-0.4, -0.2) is 73.2 Å². The number of likely N-dealkylation sites (tertiary alicyclic amines) is 1. The number of aliphatic hydroxyl groups excluding tert-OH is 1. The number of rotatable bonds is 9. The van der Waals surface area contributed by atoms with Crippen molar-refractivity contribution in [3.8, 4) is 33.6 Å². The second-order valence-corrected chi connectivity index (χ2v) is 10.4. The number of H-pyrrole nitrogens is 2. The smallest absolute Gasteiger partial charge is 0.251 e. The highest BCUT2D eigenvalue weighted by atomic mass is 19.1. The molecule has 5 rings (SSSR count). The predicted molar refractivity (Wildman–Crippen MR) is 149 cm³/mol. The van der Waals surface area contributed by atoms with Crippen molar-refractivity contribution in [2.45, 2.75) is 51.6 Å². The Hall–Kier alpha value is -3.82. The molecule has 1 aliphatic rings. The molecule has 1 amide bonds. The number of aliphatic hydroxyl groups is 1. The molecule has 2 aromatic carbocycles. The summed E-state index contributed by atoms with van der Waals surface area (Å²) in [7, 11) is 1.88. The highest BCUT2D eigenvalue weighted by Crippen LogP contribution is 2.32. The topological polar surface area (TPSA) is 101 Å². The monoisotopic (exact) mass is 530 g/mol. The van der Waals surface area contributed by atoms with Crippen LogP contribution in [0.5, 0.6) is 0 Å². The molecule has 1 aliphatic heterocycles. The number of benzene rings is 2. The van der Waals surface area contributed by atoms with E-state index in [0.29, 0.717) is 19.6 Å². The molecule has 1 fully saturated rings. The Morgan fingerprint density at radius 3 is 2.15 bits per heavy atom. The Labute approximate surface area is 227 Å². The lowest BCUT2D eigenvalue weighted by molar-refractivity contribution is -0.140. The second-order valence-electron chi connectivity index (χ2n) is 10.4. The number of nitrogens with one attached hydrogen (secondary N) is 2. The van der Waals surface area contributed by atoms with Gasteiger partial charge in [-0.1, -0.05) is 48.5 Å². The third-order valence-electron chi connectivity index (χ3n) is 7.14. The molecule has 1 saturated heterocycles. The minimum absolute atomic E-state index is 0.135. The van der Waals surface area contributed by atoms with Crippen molar-refractivity contribution in [1.29, 1.82) is 0 Å². The first kappa shape index (κ1) is 26.8. The molecule has 204 valence electrons. The van der Waals surface area contributed by atoms with Gasteiger partial charge in [0, 0.05) is 13.1 Å². The Morgan fingerprint density at radius 1 is 1.00 bits per heavy atom. The van der Waals surface area contributed by atoms with Gasteiger partial charge in [-0.15, -0.1) is 0 Å². The number of halogens is 1. The third kappa shape index (κ3) is 6.10. The van der Waals surface area contributed by atoms with E-state index in [9.17, 15) is 14.3 Å². The van der Waals surface area contributed by atoms with Crippen LogP contribution >= 0.6 is 0 Å². The average Bonchev–Trinajstić information content (AvgIpc) is 3.69. The van der Waals surface area contributed by atoms with Crippen LogP contribution in [0.15, 0.2) is 60.9 Å². The van der Waals surface area contributed by atoms with E-state index >= 15 is 0 Å². The molecule has 9 heteroatoms. The summed E-state index contributed by atoms with van der Waals surface area (Å²) in [4.78, 5) is 31.7. The highest BCUT2D eigenvalue weighted by molar-refractivity contribution is 5.81. The van der Waals surface area contributed by atoms with E-state index in [4.69, 9.17) is 0 Å². The number of imidazole rings is 2. The van der Waals surface area contributed by atoms with Crippen LogP contribution in [0.25, 0.3) is 33.6 Å². The molecule has 0 radical (unpaired) electrons. The molecule has 0 saturated carbocycles. The molecule has 3 atom stereocenters. The van der Waals surface area contributed by atoms with Crippen molar-refractivity contribution in [2.75, 3.05) is 20.1 Å². The summed E-state index contributed by atoms with van der Waals surface area (Å²) >= 11 is 0. The number of amides is 1. The number of carbonyl (C=O) groups excluding carboxylic acids is 1. The van der Waals surface area contributed by atoms with Gasteiger partial charge >= 0.3 is 0 Å².